The molecule has 4 amide bonds. The van der Waals surface area contributed by atoms with E-state index in [1.165, 1.54) is 12.1 Å². The van der Waals surface area contributed by atoms with Crippen LogP contribution in [0.5, 0.6) is 0 Å². The second-order valence-corrected chi connectivity index (χ2v) is 7.38. The van der Waals surface area contributed by atoms with Crippen LogP contribution in [-0.2, 0) is 15.8 Å². The van der Waals surface area contributed by atoms with Crippen molar-refractivity contribution in [1.82, 2.24) is 10.2 Å². The summed E-state index contributed by atoms with van der Waals surface area (Å²) in [6.45, 7) is 1.54. The standard InChI is InChI=1S/C19H22F3N3O3/c1-2-12-6-8-18(9-7-12)16(27)25(17(28)24-18)11-15(26)23-14-5-3-4-13(10-14)19(20,21)22/h3-5,10,12H,2,6-9,11H2,1H3,(H,23,26)(H,24,28). The van der Waals surface area contributed by atoms with Crippen LogP contribution in [0.3, 0.4) is 0 Å². The van der Waals surface area contributed by atoms with Crippen LogP contribution >= 0.6 is 0 Å². The first-order chi connectivity index (χ1) is 13.1. The second-order valence-electron chi connectivity index (χ2n) is 7.38. The van der Waals surface area contributed by atoms with E-state index >= 15 is 0 Å². The molecule has 2 fully saturated rings. The molecule has 9 heteroatoms. The van der Waals surface area contributed by atoms with Gasteiger partial charge in [-0.2, -0.15) is 13.2 Å². The lowest BCUT2D eigenvalue weighted by Crippen LogP contribution is -2.49. The van der Waals surface area contributed by atoms with Crippen molar-refractivity contribution in [2.24, 2.45) is 5.92 Å². The first-order valence-corrected chi connectivity index (χ1v) is 9.26. The van der Waals surface area contributed by atoms with Crippen LogP contribution in [0.4, 0.5) is 23.7 Å². The maximum absolute atomic E-state index is 12.8. The van der Waals surface area contributed by atoms with Crippen molar-refractivity contribution in [3.63, 3.8) is 0 Å². The highest BCUT2D eigenvalue weighted by Gasteiger charge is 2.52. The number of rotatable bonds is 4. The Balaban J connectivity index is 1.65. The molecule has 0 bridgehead atoms. The van der Waals surface area contributed by atoms with E-state index in [9.17, 15) is 27.6 Å². The lowest BCUT2D eigenvalue weighted by molar-refractivity contribution is -0.137. The first-order valence-electron chi connectivity index (χ1n) is 9.26. The summed E-state index contributed by atoms with van der Waals surface area (Å²) in [5.74, 6) is -0.651. The molecule has 1 aliphatic heterocycles. The molecular formula is C19H22F3N3O3. The maximum Gasteiger partial charge on any atom is 0.416 e. The van der Waals surface area contributed by atoms with Crippen molar-refractivity contribution in [1.29, 1.82) is 0 Å². The van der Waals surface area contributed by atoms with Gasteiger partial charge in [0.2, 0.25) is 5.91 Å². The summed E-state index contributed by atoms with van der Waals surface area (Å²) in [6.07, 6.45) is -0.806. The highest BCUT2D eigenvalue weighted by molar-refractivity contribution is 6.10. The molecule has 0 radical (unpaired) electrons. The van der Waals surface area contributed by atoms with Crippen LogP contribution in [0, 0.1) is 5.92 Å². The van der Waals surface area contributed by atoms with Crippen molar-refractivity contribution in [3.8, 4) is 0 Å². The van der Waals surface area contributed by atoms with Crippen molar-refractivity contribution >= 4 is 23.5 Å². The van der Waals surface area contributed by atoms with Gasteiger partial charge in [-0.25, -0.2) is 4.79 Å². The molecule has 2 N–H and O–H groups in total. The Morgan fingerprint density at radius 1 is 1.29 bits per heavy atom. The van der Waals surface area contributed by atoms with Crippen LogP contribution < -0.4 is 10.6 Å². The van der Waals surface area contributed by atoms with E-state index < -0.39 is 41.7 Å². The molecule has 1 heterocycles. The third-order valence-electron chi connectivity index (χ3n) is 5.56. The molecule has 6 nitrogen and oxygen atoms in total. The maximum atomic E-state index is 12.8. The predicted molar refractivity (Wildman–Crippen MR) is 95.3 cm³/mol. The van der Waals surface area contributed by atoms with Gasteiger partial charge in [0, 0.05) is 5.69 Å². The molecule has 28 heavy (non-hydrogen) atoms. The minimum absolute atomic E-state index is 0.0509. The predicted octanol–water partition coefficient (Wildman–Crippen LogP) is 3.53. The number of alkyl halides is 3. The number of urea groups is 1. The molecule has 152 valence electrons. The van der Waals surface area contributed by atoms with E-state index in [4.69, 9.17) is 0 Å². The van der Waals surface area contributed by atoms with Gasteiger partial charge in [0.25, 0.3) is 5.91 Å². The fourth-order valence-electron chi connectivity index (χ4n) is 3.85. The summed E-state index contributed by atoms with van der Waals surface area (Å²) in [5.41, 5.74) is -1.91. The number of anilines is 1. The molecule has 2 aliphatic rings. The molecule has 0 aromatic heterocycles. The number of amides is 4. The average Bonchev–Trinajstić information content (AvgIpc) is 2.86. The quantitative estimate of drug-likeness (QED) is 0.763. The highest BCUT2D eigenvalue weighted by atomic mass is 19.4. The summed E-state index contributed by atoms with van der Waals surface area (Å²) >= 11 is 0. The number of nitrogens with one attached hydrogen (secondary N) is 2. The number of hydrogen-bond donors (Lipinski definition) is 2. The molecule has 0 atom stereocenters. The first kappa shape index (κ1) is 20.2. The topological polar surface area (TPSA) is 78.5 Å². The molecule has 0 unspecified atom stereocenters. The Labute approximate surface area is 160 Å². The number of imide groups is 1. The molecular weight excluding hydrogens is 375 g/mol. The highest BCUT2D eigenvalue weighted by Crippen LogP contribution is 2.37. The number of nitrogens with zero attached hydrogens (tertiary/aromatic N) is 1. The third-order valence-corrected chi connectivity index (χ3v) is 5.56. The van der Waals surface area contributed by atoms with E-state index in [0.29, 0.717) is 18.8 Å². The van der Waals surface area contributed by atoms with Crippen molar-refractivity contribution < 1.29 is 27.6 Å². The monoisotopic (exact) mass is 397 g/mol. The Morgan fingerprint density at radius 3 is 2.57 bits per heavy atom. The minimum atomic E-state index is -4.53. The van der Waals surface area contributed by atoms with Crippen molar-refractivity contribution in [2.45, 2.75) is 50.7 Å². The van der Waals surface area contributed by atoms with Crippen LogP contribution in [0.25, 0.3) is 0 Å². The second kappa shape index (κ2) is 7.44. The van der Waals surface area contributed by atoms with Crippen LogP contribution in [0.1, 0.15) is 44.6 Å². The number of hydrogen-bond acceptors (Lipinski definition) is 3. The summed E-state index contributed by atoms with van der Waals surface area (Å²) in [5, 5.41) is 5.04. The smallest absolute Gasteiger partial charge is 0.325 e. The van der Waals surface area contributed by atoms with Crippen LogP contribution in [-0.4, -0.2) is 34.8 Å². The van der Waals surface area contributed by atoms with Gasteiger partial charge >= 0.3 is 12.2 Å². The third kappa shape index (κ3) is 3.98. The lowest BCUT2D eigenvalue weighted by Gasteiger charge is -2.34. The number of halogens is 3. The Kier molecular flexibility index (Phi) is 5.36. The Bertz CT molecular complexity index is 786. The van der Waals surface area contributed by atoms with Gasteiger partial charge in [0.15, 0.2) is 0 Å². The zero-order valence-corrected chi connectivity index (χ0v) is 15.4. The van der Waals surface area contributed by atoms with E-state index in [-0.39, 0.29) is 5.69 Å². The summed E-state index contributed by atoms with van der Waals surface area (Å²) in [4.78, 5) is 38.1. The average molecular weight is 397 g/mol. The van der Waals surface area contributed by atoms with Crippen molar-refractivity contribution in [3.05, 3.63) is 29.8 Å². The zero-order valence-electron chi connectivity index (χ0n) is 15.4. The largest absolute Gasteiger partial charge is 0.416 e. The summed E-state index contributed by atoms with van der Waals surface area (Å²) < 4.78 is 38.3. The molecule has 1 spiro atoms. The number of benzene rings is 1. The fourth-order valence-corrected chi connectivity index (χ4v) is 3.85. The summed E-state index contributed by atoms with van der Waals surface area (Å²) in [7, 11) is 0. The van der Waals surface area contributed by atoms with Gasteiger partial charge in [0.05, 0.1) is 5.56 Å². The molecule has 1 aliphatic carbocycles. The zero-order chi connectivity index (χ0) is 20.5. The molecule has 1 aromatic carbocycles. The van der Waals surface area contributed by atoms with Gasteiger partial charge in [-0.3, -0.25) is 14.5 Å². The van der Waals surface area contributed by atoms with E-state index in [1.54, 1.807) is 0 Å². The van der Waals surface area contributed by atoms with E-state index in [2.05, 4.69) is 17.6 Å². The normalized spacial score (nSPS) is 25.1. The van der Waals surface area contributed by atoms with Gasteiger partial charge in [-0.05, 0) is 49.8 Å². The van der Waals surface area contributed by atoms with Gasteiger partial charge in [-0.1, -0.05) is 19.4 Å². The SMILES string of the molecule is CCC1CCC2(CC1)NC(=O)N(CC(=O)Nc1cccc(C(F)(F)F)c1)C2=O. The van der Waals surface area contributed by atoms with E-state index in [0.717, 1.165) is 36.3 Å². The Hall–Kier alpha value is -2.58. The van der Waals surface area contributed by atoms with Gasteiger partial charge in [0.1, 0.15) is 12.1 Å². The van der Waals surface area contributed by atoms with Crippen LogP contribution in [0.2, 0.25) is 0 Å². The number of carbonyl (C=O) groups is 3. The fraction of sp³-hybridized carbons (Fsp3) is 0.526. The molecule has 1 aromatic rings. The van der Waals surface area contributed by atoms with E-state index in [1.807, 2.05) is 0 Å². The minimum Gasteiger partial charge on any atom is -0.325 e. The number of carbonyl (C=O) groups excluding carboxylic acids is 3. The summed E-state index contributed by atoms with van der Waals surface area (Å²) in [6, 6.07) is 3.54. The Morgan fingerprint density at radius 2 is 1.96 bits per heavy atom. The van der Waals surface area contributed by atoms with Gasteiger partial charge in [-0.15, -0.1) is 0 Å². The molecule has 3 rings (SSSR count). The van der Waals surface area contributed by atoms with Gasteiger partial charge < -0.3 is 10.6 Å². The molecule has 1 saturated heterocycles. The molecule has 1 saturated carbocycles. The lowest BCUT2D eigenvalue weighted by atomic mass is 9.75. The van der Waals surface area contributed by atoms with Crippen molar-refractivity contribution in [2.75, 3.05) is 11.9 Å². The van der Waals surface area contributed by atoms with Crippen LogP contribution in [0.15, 0.2) is 24.3 Å².